The molecule has 2 rings (SSSR count). The van der Waals surface area contributed by atoms with E-state index in [1.807, 2.05) is 6.92 Å². The number of piperidine rings is 1. The van der Waals surface area contributed by atoms with E-state index in [1.165, 1.54) is 19.1 Å². The molecule has 1 amide bonds. The smallest absolute Gasteiger partial charge is 0.301 e. The van der Waals surface area contributed by atoms with Crippen molar-refractivity contribution in [2.45, 2.75) is 33.1 Å². The minimum atomic E-state index is -0.0186. The Labute approximate surface area is 107 Å². The van der Waals surface area contributed by atoms with E-state index < -0.39 is 0 Å². The van der Waals surface area contributed by atoms with Crippen molar-refractivity contribution in [2.24, 2.45) is 11.8 Å². The molecule has 1 aliphatic rings. The summed E-state index contributed by atoms with van der Waals surface area (Å²) >= 11 is 0. The van der Waals surface area contributed by atoms with Gasteiger partial charge >= 0.3 is 6.01 Å². The van der Waals surface area contributed by atoms with Crippen molar-refractivity contribution in [3.8, 4) is 0 Å². The fraction of sp³-hybridized carbons (Fsp3) is 0.692. The van der Waals surface area contributed by atoms with Gasteiger partial charge in [0.15, 0.2) is 0 Å². The molecule has 0 aliphatic carbocycles. The maximum absolute atomic E-state index is 11.8. The Hall–Kier alpha value is -1.36. The predicted molar refractivity (Wildman–Crippen MR) is 69.2 cm³/mol. The monoisotopic (exact) mass is 251 g/mol. The molecule has 0 bridgehead atoms. The van der Waals surface area contributed by atoms with Crippen molar-refractivity contribution < 1.29 is 9.21 Å². The van der Waals surface area contributed by atoms with E-state index in [-0.39, 0.29) is 5.91 Å². The lowest BCUT2D eigenvalue weighted by atomic mass is 9.85. The molecule has 1 saturated heterocycles. The zero-order valence-electron chi connectivity index (χ0n) is 11.0. The maximum atomic E-state index is 11.8. The summed E-state index contributed by atoms with van der Waals surface area (Å²) in [5.74, 6) is 0.958. The molecular formula is C13H21N3O2. The van der Waals surface area contributed by atoms with Gasteiger partial charge in [0.2, 0.25) is 5.91 Å². The van der Waals surface area contributed by atoms with Crippen LogP contribution < -0.4 is 10.6 Å². The summed E-state index contributed by atoms with van der Waals surface area (Å²) in [5.41, 5.74) is 0.773. The third-order valence-corrected chi connectivity index (χ3v) is 3.51. The second-order valence-electron chi connectivity index (χ2n) is 5.13. The van der Waals surface area contributed by atoms with E-state index in [0.717, 1.165) is 18.8 Å². The summed E-state index contributed by atoms with van der Waals surface area (Å²) < 4.78 is 5.11. The fourth-order valence-electron chi connectivity index (χ4n) is 2.41. The largest absolute Gasteiger partial charge is 0.432 e. The van der Waals surface area contributed by atoms with Crippen molar-refractivity contribution in [1.29, 1.82) is 0 Å². The molecule has 2 N–H and O–H groups in total. The summed E-state index contributed by atoms with van der Waals surface area (Å²) in [6, 6.07) is 0.298. The molecule has 0 radical (unpaired) electrons. The molecule has 1 aliphatic heterocycles. The highest BCUT2D eigenvalue weighted by Gasteiger charge is 2.22. The van der Waals surface area contributed by atoms with Gasteiger partial charge in [-0.3, -0.25) is 10.1 Å². The highest BCUT2D eigenvalue weighted by atomic mass is 16.4. The van der Waals surface area contributed by atoms with Crippen LogP contribution in [0.15, 0.2) is 10.7 Å². The Morgan fingerprint density at radius 3 is 3.17 bits per heavy atom. The molecule has 18 heavy (non-hydrogen) atoms. The van der Waals surface area contributed by atoms with Gasteiger partial charge in [-0.05, 0) is 44.7 Å². The SMILES string of the molecule is Cc1coc(NC(=O)CC(C)C2CCCNC2)n1. The van der Waals surface area contributed by atoms with Crippen LogP contribution in [0.1, 0.15) is 31.9 Å². The van der Waals surface area contributed by atoms with E-state index in [9.17, 15) is 4.79 Å². The molecule has 1 fully saturated rings. The molecule has 1 aromatic heterocycles. The van der Waals surface area contributed by atoms with Crippen molar-refractivity contribution in [3.63, 3.8) is 0 Å². The van der Waals surface area contributed by atoms with Gasteiger partial charge in [-0.15, -0.1) is 0 Å². The number of nitrogens with zero attached hydrogens (tertiary/aromatic N) is 1. The van der Waals surface area contributed by atoms with E-state index in [2.05, 4.69) is 22.5 Å². The average molecular weight is 251 g/mol. The number of amides is 1. The number of aromatic nitrogens is 1. The Bertz CT molecular complexity index is 397. The van der Waals surface area contributed by atoms with E-state index in [1.54, 1.807) is 0 Å². The number of carbonyl (C=O) groups excluding carboxylic acids is 1. The second-order valence-corrected chi connectivity index (χ2v) is 5.13. The molecule has 0 spiro atoms. The van der Waals surface area contributed by atoms with Gasteiger partial charge in [0.1, 0.15) is 6.26 Å². The fourth-order valence-corrected chi connectivity index (χ4v) is 2.41. The summed E-state index contributed by atoms with van der Waals surface area (Å²) in [5, 5.41) is 6.08. The van der Waals surface area contributed by atoms with Crippen LogP contribution in [-0.2, 0) is 4.79 Å². The maximum Gasteiger partial charge on any atom is 0.301 e. The molecule has 2 heterocycles. The van der Waals surface area contributed by atoms with Gasteiger partial charge in [0, 0.05) is 6.42 Å². The quantitative estimate of drug-likeness (QED) is 0.858. The molecule has 2 unspecified atom stereocenters. The first-order chi connectivity index (χ1) is 8.65. The Balaban J connectivity index is 1.79. The highest BCUT2D eigenvalue weighted by Crippen LogP contribution is 2.22. The molecule has 0 aromatic carbocycles. The molecule has 100 valence electrons. The van der Waals surface area contributed by atoms with Crippen LogP contribution in [0, 0.1) is 18.8 Å². The number of rotatable bonds is 4. The van der Waals surface area contributed by atoms with Crippen LogP contribution >= 0.6 is 0 Å². The van der Waals surface area contributed by atoms with E-state index in [0.29, 0.717) is 24.3 Å². The topological polar surface area (TPSA) is 67.2 Å². The number of hydrogen-bond acceptors (Lipinski definition) is 4. The third-order valence-electron chi connectivity index (χ3n) is 3.51. The average Bonchev–Trinajstić information content (AvgIpc) is 2.75. The van der Waals surface area contributed by atoms with E-state index in [4.69, 9.17) is 4.42 Å². The summed E-state index contributed by atoms with van der Waals surface area (Å²) in [7, 11) is 0. The summed E-state index contributed by atoms with van der Waals surface area (Å²) in [6.07, 6.45) is 4.47. The third kappa shape index (κ3) is 3.57. The molecule has 0 saturated carbocycles. The number of carbonyl (C=O) groups is 1. The second kappa shape index (κ2) is 6.00. The van der Waals surface area contributed by atoms with Gasteiger partial charge in [-0.2, -0.15) is 4.98 Å². The van der Waals surface area contributed by atoms with Crippen molar-refractivity contribution in [1.82, 2.24) is 10.3 Å². The Morgan fingerprint density at radius 2 is 2.56 bits per heavy atom. The number of hydrogen-bond donors (Lipinski definition) is 2. The Morgan fingerprint density at radius 1 is 1.72 bits per heavy atom. The van der Waals surface area contributed by atoms with Gasteiger partial charge in [-0.25, -0.2) is 0 Å². The molecular weight excluding hydrogens is 230 g/mol. The van der Waals surface area contributed by atoms with Gasteiger partial charge < -0.3 is 9.73 Å². The van der Waals surface area contributed by atoms with Crippen molar-refractivity contribution >= 4 is 11.9 Å². The predicted octanol–water partition coefficient (Wildman–Crippen LogP) is 1.95. The minimum absolute atomic E-state index is 0.0186. The number of anilines is 1. The van der Waals surface area contributed by atoms with Crippen LogP contribution in [0.3, 0.4) is 0 Å². The highest BCUT2D eigenvalue weighted by molar-refractivity contribution is 5.88. The zero-order valence-corrected chi connectivity index (χ0v) is 11.0. The summed E-state index contributed by atoms with van der Waals surface area (Å²) in [4.78, 5) is 15.9. The van der Waals surface area contributed by atoms with Crippen LogP contribution in [-0.4, -0.2) is 24.0 Å². The molecule has 5 heteroatoms. The molecule has 5 nitrogen and oxygen atoms in total. The Kier molecular flexibility index (Phi) is 4.36. The van der Waals surface area contributed by atoms with Gasteiger partial charge in [0.05, 0.1) is 5.69 Å². The number of oxazole rings is 1. The zero-order chi connectivity index (χ0) is 13.0. The lowest BCUT2D eigenvalue weighted by Gasteiger charge is -2.27. The van der Waals surface area contributed by atoms with Crippen molar-refractivity contribution in [2.75, 3.05) is 18.4 Å². The van der Waals surface area contributed by atoms with E-state index >= 15 is 0 Å². The normalized spacial score (nSPS) is 21.6. The van der Waals surface area contributed by atoms with Crippen LogP contribution in [0.4, 0.5) is 6.01 Å². The van der Waals surface area contributed by atoms with Gasteiger partial charge in [-0.1, -0.05) is 6.92 Å². The standard InChI is InChI=1S/C13H21N3O2/c1-9(11-4-3-5-14-7-11)6-12(17)16-13-15-10(2)8-18-13/h8-9,11,14H,3-7H2,1-2H3,(H,15,16,17). The first-order valence-corrected chi connectivity index (χ1v) is 6.58. The van der Waals surface area contributed by atoms with Crippen molar-refractivity contribution in [3.05, 3.63) is 12.0 Å². The van der Waals surface area contributed by atoms with Crippen LogP contribution in [0.25, 0.3) is 0 Å². The molecule has 2 atom stereocenters. The van der Waals surface area contributed by atoms with Gasteiger partial charge in [0.25, 0.3) is 0 Å². The minimum Gasteiger partial charge on any atom is -0.432 e. The van der Waals surface area contributed by atoms with Crippen LogP contribution in [0.5, 0.6) is 0 Å². The first-order valence-electron chi connectivity index (χ1n) is 6.58. The summed E-state index contributed by atoms with van der Waals surface area (Å²) in [6.45, 7) is 6.09. The number of nitrogens with one attached hydrogen (secondary N) is 2. The molecule has 1 aromatic rings. The lowest BCUT2D eigenvalue weighted by Crippen LogP contribution is -2.34. The number of aryl methyl sites for hydroxylation is 1. The lowest BCUT2D eigenvalue weighted by molar-refractivity contribution is -0.117. The van der Waals surface area contributed by atoms with Crippen LogP contribution in [0.2, 0.25) is 0 Å². The first kappa shape index (κ1) is 13.1.